The molecule has 0 spiro atoms. The number of para-hydroxylation sites is 1. The molecule has 1 N–H and O–H groups in total. The van der Waals surface area contributed by atoms with Gasteiger partial charge in [0.25, 0.3) is 5.91 Å². The van der Waals surface area contributed by atoms with Gasteiger partial charge in [-0.25, -0.2) is 0 Å². The molecule has 0 aliphatic carbocycles. The second-order valence-electron chi connectivity index (χ2n) is 4.85. The first-order valence-electron chi connectivity index (χ1n) is 7.09. The normalized spacial score (nSPS) is 11.7. The van der Waals surface area contributed by atoms with Crippen molar-refractivity contribution in [2.75, 3.05) is 0 Å². The zero-order chi connectivity index (χ0) is 15.1. The molecule has 1 unspecified atom stereocenters. The van der Waals surface area contributed by atoms with Crippen LogP contribution in [-0.2, 0) is 11.3 Å². The molecule has 1 aromatic heterocycles. The summed E-state index contributed by atoms with van der Waals surface area (Å²) in [5, 5.41) is 2.90. The SMILES string of the molecule is CCC(Oc1ccccc1C)C(=O)NCc1ccncc1. The van der Waals surface area contributed by atoms with Crippen LogP contribution >= 0.6 is 0 Å². The van der Waals surface area contributed by atoms with Crippen LogP contribution in [0.15, 0.2) is 48.8 Å². The predicted octanol–water partition coefficient (Wildman–Crippen LogP) is 2.86. The highest BCUT2D eigenvalue weighted by Gasteiger charge is 2.18. The monoisotopic (exact) mass is 284 g/mol. The number of hydrogen-bond acceptors (Lipinski definition) is 3. The average Bonchev–Trinajstić information content (AvgIpc) is 2.53. The summed E-state index contributed by atoms with van der Waals surface area (Å²) in [6.07, 6.45) is 3.56. The predicted molar refractivity (Wildman–Crippen MR) is 82.0 cm³/mol. The molecule has 1 aromatic carbocycles. The Hall–Kier alpha value is -2.36. The summed E-state index contributed by atoms with van der Waals surface area (Å²) in [4.78, 5) is 16.2. The first-order valence-corrected chi connectivity index (χ1v) is 7.09. The smallest absolute Gasteiger partial charge is 0.261 e. The Bertz CT molecular complexity index is 584. The van der Waals surface area contributed by atoms with Crippen molar-refractivity contribution in [3.63, 3.8) is 0 Å². The van der Waals surface area contributed by atoms with Crippen molar-refractivity contribution in [1.82, 2.24) is 10.3 Å². The molecule has 0 saturated carbocycles. The van der Waals surface area contributed by atoms with Gasteiger partial charge in [-0.05, 0) is 42.7 Å². The molecular formula is C17H20N2O2. The Morgan fingerprint density at radius 3 is 2.62 bits per heavy atom. The minimum Gasteiger partial charge on any atom is -0.480 e. The van der Waals surface area contributed by atoms with Gasteiger partial charge in [-0.15, -0.1) is 0 Å². The zero-order valence-corrected chi connectivity index (χ0v) is 12.4. The van der Waals surface area contributed by atoms with Crippen LogP contribution in [0.25, 0.3) is 0 Å². The van der Waals surface area contributed by atoms with Gasteiger partial charge in [0, 0.05) is 18.9 Å². The summed E-state index contributed by atoms with van der Waals surface area (Å²) in [7, 11) is 0. The van der Waals surface area contributed by atoms with E-state index in [1.54, 1.807) is 12.4 Å². The number of benzene rings is 1. The number of nitrogens with zero attached hydrogens (tertiary/aromatic N) is 1. The van der Waals surface area contributed by atoms with Crippen molar-refractivity contribution >= 4 is 5.91 Å². The van der Waals surface area contributed by atoms with Gasteiger partial charge in [0.1, 0.15) is 5.75 Å². The minimum atomic E-state index is -0.479. The second kappa shape index (κ2) is 7.43. The van der Waals surface area contributed by atoms with E-state index in [1.807, 2.05) is 50.2 Å². The average molecular weight is 284 g/mol. The molecule has 0 aliphatic rings. The lowest BCUT2D eigenvalue weighted by Gasteiger charge is -2.18. The summed E-state index contributed by atoms with van der Waals surface area (Å²) in [5.41, 5.74) is 2.04. The molecule has 2 aromatic rings. The van der Waals surface area contributed by atoms with Gasteiger partial charge >= 0.3 is 0 Å². The summed E-state index contributed by atoms with van der Waals surface area (Å²) in [5.74, 6) is 0.654. The third-order valence-electron chi connectivity index (χ3n) is 3.24. The maximum atomic E-state index is 12.2. The van der Waals surface area contributed by atoms with Gasteiger partial charge < -0.3 is 10.1 Å². The van der Waals surface area contributed by atoms with Crippen LogP contribution in [0.3, 0.4) is 0 Å². The molecule has 4 heteroatoms. The Labute approximate surface area is 125 Å². The number of aryl methyl sites for hydroxylation is 1. The van der Waals surface area contributed by atoms with Crippen LogP contribution in [0.1, 0.15) is 24.5 Å². The Kier molecular flexibility index (Phi) is 5.32. The molecule has 1 heterocycles. The van der Waals surface area contributed by atoms with E-state index >= 15 is 0 Å². The highest BCUT2D eigenvalue weighted by molar-refractivity contribution is 5.81. The van der Waals surface area contributed by atoms with E-state index in [-0.39, 0.29) is 5.91 Å². The van der Waals surface area contributed by atoms with Crippen molar-refractivity contribution < 1.29 is 9.53 Å². The van der Waals surface area contributed by atoms with Gasteiger partial charge in [-0.2, -0.15) is 0 Å². The van der Waals surface area contributed by atoms with E-state index in [0.717, 1.165) is 16.9 Å². The van der Waals surface area contributed by atoms with E-state index in [0.29, 0.717) is 13.0 Å². The van der Waals surface area contributed by atoms with Gasteiger partial charge in [-0.3, -0.25) is 9.78 Å². The quantitative estimate of drug-likeness (QED) is 0.887. The van der Waals surface area contributed by atoms with E-state index in [4.69, 9.17) is 4.74 Å². The molecule has 0 fully saturated rings. The van der Waals surface area contributed by atoms with Gasteiger partial charge in [0.15, 0.2) is 6.10 Å². The van der Waals surface area contributed by atoms with E-state index < -0.39 is 6.10 Å². The van der Waals surface area contributed by atoms with E-state index in [9.17, 15) is 4.79 Å². The highest BCUT2D eigenvalue weighted by atomic mass is 16.5. The third-order valence-corrected chi connectivity index (χ3v) is 3.24. The summed E-state index contributed by atoms with van der Waals surface area (Å²) in [6.45, 7) is 4.39. The van der Waals surface area contributed by atoms with Gasteiger partial charge in [-0.1, -0.05) is 25.1 Å². The number of rotatable bonds is 6. The van der Waals surface area contributed by atoms with Crippen LogP contribution in [0.4, 0.5) is 0 Å². The lowest BCUT2D eigenvalue weighted by molar-refractivity contribution is -0.128. The molecule has 4 nitrogen and oxygen atoms in total. The van der Waals surface area contributed by atoms with Gasteiger partial charge in [0.05, 0.1) is 0 Å². The third kappa shape index (κ3) is 4.31. The standard InChI is InChI=1S/C17H20N2O2/c1-3-15(21-16-7-5-4-6-13(16)2)17(20)19-12-14-8-10-18-11-9-14/h4-11,15H,3,12H2,1-2H3,(H,19,20). The second-order valence-corrected chi connectivity index (χ2v) is 4.85. The number of hydrogen-bond donors (Lipinski definition) is 1. The molecular weight excluding hydrogens is 264 g/mol. The lowest BCUT2D eigenvalue weighted by atomic mass is 10.2. The topological polar surface area (TPSA) is 51.2 Å². The van der Waals surface area contributed by atoms with Crippen molar-refractivity contribution in [3.8, 4) is 5.75 Å². The summed E-state index contributed by atoms with van der Waals surface area (Å²) < 4.78 is 5.82. The zero-order valence-electron chi connectivity index (χ0n) is 12.4. The molecule has 110 valence electrons. The number of amides is 1. The number of aromatic nitrogens is 1. The molecule has 0 aliphatic heterocycles. The summed E-state index contributed by atoms with van der Waals surface area (Å²) in [6, 6.07) is 11.5. The molecule has 0 radical (unpaired) electrons. The summed E-state index contributed by atoms with van der Waals surface area (Å²) >= 11 is 0. The fraction of sp³-hybridized carbons (Fsp3) is 0.294. The fourth-order valence-corrected chi connectivity index (χ4v) is 1.97. The minimum absolute atomic E-state index is 0.0995. The van der Waals surface area contributed by atoms with Crippen LogP contribution in [-0.4, -0.2) is 17.0 Å². The van der Waals surface area contributed by atoms with Crippen molar-refractivity contribution in [2.45, 2.75) is 32.9 Å². The van der Waals surface area contributed by atoms with Crippen LogP contribution in [0, 0.1) is 6.92 Å². The Morgan fingerprint density at radius 1 is 1.24 bits per heavy atom. The number of carbonyl (C=O) groups is 1. The van der Waals surface area contributed by atoms with Crippen LogP contribution < -0.4 is 10.1 Å². The number of carbonyl (C=O) groups excluding carboxylic acids is 1. The molecule has 1 amide bonds. The largest absolute Gasteiger partial charge is 0.480 e. The van der Waals surface area contributed by atoms with Crippen molar-refractivity contribution in [1.29, 1.82) is 0 Å². The van der Waals surface area contributed by atoms with E-state index in [2.05, 4.69) is 10.3 Å². The fourth-order valence-electron chi connectivity index (χ4n) is 1.97. The Morgan fingerprint density at radius 2 is 1.95 bits per heavy atom. The molecule has 1 atom stereocenters. The molecule has 0 saturated heterocycles. The van der Waals surface area contributed by atoms with Gasteiger partial charge in [0.2, 0.25) is 0 Å². The first-order chi connectivity index (χ1) is 10.2. The number of nitrogens with one attached hydrogen (secondary N) is 1. The van der Waals surface area contributed by atoms with Crippen molar-refractivity contribution in [3.05, 3.63) is 59.9 Å². The van der Waals surface area contributed by atoms with E-state index in [1.165, 1.54) is 0 Å². The van der Waals surface area contributed by atoms with Crippen LogP contribution in [0.2, 0.25) is 0 Å². The Balaban J connectivity index is 1.94. The van der Waals surface area contributed by atoms with Crippen LogP contribution in [0.5, 0.6) is 5.75 Å². The molecule has 2 rings (SSSR count). The maximum Gasteiger partial charge on any atom is 0.261 e. The molecule has 21 heavy (non-hydrogen) atoms. The maximum absolute atomic E-state index is 12.2. The number of ether oxygens (including phenoxy) is 1. The lowest BCUT2D eigenvalue weighted by Crippen LogP contribution is -2.37. The molecule has 0 bridgehead atoms. The highest BCUT2D eigenvalue weighted by Crippen LogP contribution is 2.18. The van der Waals surface area contributed by atoms with Crippen molar-refractivity contribution in [2.24, 2.45) is 0 Å². The number of pyridine rings is 1. The first kappa shape index (κ1) is 15.0.